The van der Waals surface area contributed by atoms with Crippen molar-refractivity contribution < 1.29 is 8.78 Å². The number of fused-ring (bicyclic) bond motifs is 1. The van der Waals surface area contributed by atoms with E-state index in [1.54, 1.807) is 29.2 Å². The van der Waals surface area contributed by atoms with Gasteiger partial charge in [0, 0.05) is 30.7 Å². The highest BCUT2D eigenvalue weighted by Crippen LogP contribution is 2.32. The smallest absolute Gasteiger partial charge is 0.266 e. The summed E-state index contributed by atoms with van der Waals surface area (Å²) in [6, 6.07) is 7.56. The van der Waals surface area contributed by atoms with Crippen LogP contribution in [0.15, 0.2) is 36.5 Å². The lowest BCUT2D eigenvalue weighted by molar-refractivity contribution is -0.0395. The molecule has 0 unspecified atom stereocenters. The Morgan fingerprint density at radius 3 is 2.82 bits per heavy atom. The summed E-state index contributed by atoms with van der Waals surface area (Å²) in [5.74, 6) is -2.33. The van der Waals surface area contributed by atoms with E-state index in [9.17, 15) is 8.78 Å². The first-order chi connectivity index (χ1) is 13.4. The van der Waals surface area contributed by atoms with Gasteiger partial charge in [-0.3, -0.25) is 4.98 Å². The monoisotopic (exact) mass is 402 g/mol. The van der Waals surface area contributed by atoms with Gasteiger partial charge in [-0.25, -0.2) is 18.6 Å². The molecule has 0 radical (unpaired) electrons. The molecule has 3 aromatic rings. The third-order valence-corrected chi connectivity index (χ3v) is 5.14. The Kier molecular flexibility index (Phi) is 4.65. The van der Waals surface area contributed by atoms with E-state index in [2.05, 4.69) is 14.8 Å². The molecular weight excluding hydrogens is 386 g/mol. The number of hydrogen-bond donors (Lipinski definition) is 1. The molecule has 0 aliphatic carbocycles. The molecule has 4 rings (SSSR count). The zero-order valence-electron chi connectivity index (χ0n) is 14.8. The Morgan fingerprint density at radius 1 is 1.32 bits per heavy atom. The lowest BCUT2D eigenvalue weighted by Gasteiger charge is -2.37. The number of benzene rings is 1. The minimum Gasteiger partial charge on any atom is -0.340 e. The van der Waals surface area contributed by atoms with Crippen molar-refractivity contribution in [3.63, 3.8) is 0 Å². The zero-order chi connectivity index (χ0) is 19.9. The predicted molar refractivity (Wildman–Crippen MR) is 104 cm³/mol. The number of pyridine rings is 1. The topological polar surface area (TPSA) is 64.3 Å². The molecule has 0 saturated carbocycles. The van der Waals surface area contributed by atoms with Crippen molar-refractivity contribution in [1.82, 2.24) is 14.5 Å². The maximum atomic E-state index is 13.8. The second kappa shape index (κ2) is 7.00. The van der Waals surface area contributed by atoms with Crippen LogP contribution in [0.25, 0.3) is 15.9 Å². The molecule has 0 amide bonds. The van der Waals surface area contributed by atoms with E-state index >= 15 is 0 Å². The lowest BCUT2D eigenvalue weighted by Crippen LogP contribution is -2.55. The van der Waals surface area contributed by atoms with Gasteiger partial charge < -0.3 is 15.2 Å². The SMILES string of the molecule is [C-]#[N+]c1ccc(Cn2c(N3CCC(F)(F)[C@H](N)C3)nc3cc(Cl)ccc32)nc1. The highest BCUT2D eigenvalue weighted by Gasteiger charge is 2.42. The molecule has 1 aliphatic rings. The fourth-order valence-electron chi connectivity index (χ4n) is 3.34. The Hall–Kier alpha value is -2.76. The average Bonchev–Trinajstić information content (AvgIpc) is 3.02. The first-order valence-corrected chi connectivity index (χ1v) is 9.12. The molecule has 3 heterocycles. The van der Waals surface area contributed by atoms with Crippen LogP contribution in [0.3, 0.4) is 0 Å². The van der Waals surface area contributed by atoms with Crippen LogP contribution in [0.5, 0.6) is 0 Å². The number of piperidine rings is 1. The number of rotatable bonds is 3. The van der Waals surface area contributed by atoms with E-state index in [0.29, 0.717) is 28.7 Å². The molecule has 2 aromatic heterocycles. The van der Waals surface area contributed by atoms with Crippen LogP contribution >= 0.6 is 11.6 Å². The van der Waals surface area contributed by atoms with E-state index < -0.39 is 12.0 Å². The quantitative estimate of drug-likeness (QED) is 0.676. The van der Waals surface area contributed by atoms with E-state index in [4.69, 9.17) is 23.9 Å². The van der Waals surface area contributed by atoms with Crippen LogP contribution in [0.4, 0.5) is 20.4 Å². The van der Waals surface area contributed by atoms with Crippen molar-refractivity contribution in [3.8, 4) is 0 Å². The van der Waals surface area contributed by atoms with Crippen molar-refractivity contribution in [2.75, 3.05) is 18.0 Å². The van der Waals surface area contributed by atoms with Gasteiger partial charge in [0.05, 0.1) is 35.9 Å². The number of anilines is 1. The molecule has 1 saturated heterocycles. The molecule has 0 spiro atoms. The van der Waals surface area contributed by atoms with E-state index in [-0.39, 0.29) is 19.5 Å². The van der Waals surface area contributed by atoms with Crippen LogP contribution in [0.1, 0.15) is 12.1 Å². The Bertz CT molecular complexity index is 1060. The Balaban J connectivity index is 1.75. The third kappa shape index (κ3) is 3.39. The van der Waals surface area contributed by atoms with Crippen LogP contribution in [0, 0.1) is 6.57 Å². The van der Waals surface area contributed by atoms with Gasteiger partial charge >= 0.3 is 0 Å². The summed E-state index contributed by atoms with van der Waals surface area (Å²) in [6.45, 7) is 7.58. The highest BCUT2D eigenvalue weighted by molar-refractivity contribution is 6.31. The van der Waals surface area contributed by atoms with E-state index in [1.165, 1.54) is 6.20 Å². The lowest BCUT2D eigenvalue weighted by atomic mass is 10.0. The summed E-state index contributed by atoms with van der Waals surface area (Å²) in [7, 11) is 0. The molecule has 1 fully saturated rings. The standard InChI is InChI=1S/C19H17ClF2N6/c1-24-13-3-4-14(25-9-13)10-28-16-5-2-12(20)8-15(16)26-18(28)27-7-6-19(21,22)17(23)11-27/h2-5,8-9,17H,6-7,10-11,23H2/t17-/m1/s1. The maximum Gasteiger partial charge on any atom is 0.266 e. The van der Waals surface area contributed by atoms with E-state index in [1.807, 2.05) is 10.6 Å². The van der Waals surface area contributed by atoms with Crippen molar-refractivity contribution in [2.45, 2.75) is 24.9 Å². The average molecular weight is 403 g/mol. The molecule has 6 nitrogen and oxygen atoms in total. The first-order valence-electron chi connectivity index (χ1n) is 8.74. The van der Waals surface area contributed by atoms with Crippen LogP contribution < -0.4 is 10.6 Å². The molecule has 1 aromatic carbocycles. The molecular formula is C19H17ClF2N6. The minimum absolute atomic E-state index is 0.00808. The van der Waals surface area contributed by atoms with Crippen molar-refractivity contribution in [2.24, 2.45) is 5.73 Å². The molecule has 2 N–H and O–H groups in total. The fourth-order valence-corrected chi connectivity index (χ4v) is 3.51. The molecule has 1 aliphatic heterocycles. The molecule has 28 heavy (non-hydrogen) atoms. The maximum absolute atomic E-state index is 13.8. The van der Waals surface area contributed by atoms with Crippen molar-refractivity contribution >= 4 is 34.3 Å². The number of alkyl halides is 2. The summed E-state index contributed by atoms with van der Waals surface area (Å²) in [5, 5.41) is 0.546. The summed E-state index contributed by atoms with van der Waals surface area (Å²) in [6.07, 6.45) is 1.19. The number of imidazole rings is 1. The van der Waals surface area contributed by atoms with Gasteiger partial charge in [-0.05, 0) is 24.3 Å². The summed E-state index contributed by atoms with van der Waals surface area (Å²) in [5.41, 5.74) is 8.38. The second-order valence-electron chi connectivity index (χ2n) is 6.81. The van der Waals surface area contributed by atoms with Gasteiger partial charge in [0.1, 0.15) is 0 Å². The van der Waals surface area contributed by atoms with Gasteiger partial charge in [-0.2, -0.15) is 0 Å². The number of halogens is 3. The molecule has 9 heteroatoms. The predicted octanol–water partition coefficient (Wildman–Crippen LogP) is 3.86. The molecule has 144 valence electrons. The van der Waals surface area contributed by atoms with E-state index in [0.717, 1.165) is 11.2 Å². The number of nitrogens with zero attached hydrogens (tertiary/aromatic N) is 5. The number of hydrogen-bond acceptors (Lipinski definition) is 4. The number of nitrogens with two attached hydrogens (primary N) is 1. The zero-order valence-corrected chi connectivity index (χ0v) is 15.6. The summed E-state index contributed by atoms with van der Waals surface area (Å²) < 4.78 is 29.6. The van der Waals surface area contributed by atoms with Gasteiger partial charge in [0.15, 0.2) is 0 Å². The summed E-state index contributed by atoms with van der Waals surface area (Å²) in [4.78, 5) is 14.1. The van der Waals surface area contributed by atoms with Gasteiger partial charge in [-0.15, -0.1) is 0 Å². The van der Waals surface area contributed by atoms with Crippen LogP contribution in [-0.2, 0) is 6.54 Å². The van der Waals surface area contributed by atoms with Gasteiger partial charge in [-0.1, -0.05) is 17.7 Å². The third-order valence-electron chi connectivity index (χ3n) is 4.91. The van der Waals surface area contributed by atoms with Crippen LogP contribution in [0.2, 0.25) is 5.02 Å². The summed E-state index contributed by atoms with van der Waals surface area (Å²) >= 11 is 6.10. The molecule has 0 bridgehead atoms. The highest BCUT2D eigenvalue weighted by atomic mass is 35.5. The Labute approximate surface area is 165 Å². The minimum atomic E-state index is -2.88. The van der Waals surface area contributed by atoms with Gasteiger partial charge in [0.2, 0.25) is 11.6 Å². The molecule has 1 atom stereocenters. The van der Waals surface area contributed by atoms with Crippen molar-refractivity contribution in [1.29, 1.82) is 0 Å². The van der Waals surface area contributed by atoms with Crippen molar-refractivity contribution in [3.05, 3.63) is 58.7 Å². The number of aromatic nitrogens is 3. The van der Waals surface area contributed by atoms with Crippen LogP contribution in [-0.4, -0.2) is 39.6 Å². The Morgan fingerprint density at radius 2 is 2.14 bits per heavy atom. The largest absolute Gasteiger partial charge is 0.340 e. The normalized spacial score (nSPS) is 19.0. The first kappa shape index (κ1) is 18.6. The van der Waals surface area contributed by atoms with Gasteiger partial charge in [0.25, 0.3) is 5.92 Å². The second-order valence-corrected chi connectivity index (χ2v) is 7.25. The fraction of sp³-hybridized carbons (Fsp3) is 0.316.